The van der Waals surface area contributed by atoms with E-state index in [-0.39, 0.29) is 6.04 Å². The van der Waals surface area contributed by atoms with Crippen molar-refractivity contribution in [3.63, 3.8) is 0 Å². The molecule has 2 N–H and O–H groups in total. The van der Waals surface area contributed by atoms with Crippen molar-refractivity contribution in [3.8, 4) is 6.07 Å². The zero-order valence-corrected chi connectivity index (χ0v) is 9.24. The van der Waals surface area contributed by atoms with Crippen LogP contribution in [0, 0.1) is 17.2 Å². The van der Waals surface area contributed by atoms with Crippen molar-refractivity contribution in [1.29, 1.82) is 5.26 Å². The van der Waals surface area contributed by atoms with Gasteiger partial charge in [-0.1, -0.05) is 19.8 Å². The van der Waals surface area contributed by atoms with Gasteiger partial charge >= 0.3 is 0 Å². The van der Waals surface area contributed by atoms with Crippen molar-refractivity contribution >= 4 is 0 Å². The molecule has 0 aromatic rings. The van der Waals surface area contributed by atoms with Crippen molar-refractivity contribution < 1.29 is 0 Å². The number of hydrogen-bond donors (Lipinski definition) is 1. The lowest BCUT2D eigenvalue weighted by Gasteiger charge is -2.34. The van der Waals surface area contributed by atoms with E-state index >= 15 is 0 Å². The summed E-state index contributed by atoms with van der Waals surface area (Å²) in [6.07, 6.45) is 5.19. The van der Waals surface area contributed by atoms with E-state index < -0.39 is 0 Å². The predicted molar refractivity (Wildman–Crippen MR) is 57.6 cm³/mol. The Morgan fingerprint density at radius 3 is 2.86 bits per heavy atom. The van der Waals surface area contributed by atoms with E-state index in [1.54, 1.807) is 0 Å². The molecule has 80 valence electrons. The first-order valence-corrected chi connectivity index (χ1v) is 5.49. The number of likely N-dealkylation sites (N-methyl/N-ethyl adjacent to an activating group) is 1. The van der Waals surface area contributed by atoms with Crippen LogP contribution < -0.4 is 5.73 Å². The van der Waals surface area contributed by atoms with Gasteiger partial charge in [0.15, 0.2) is 0 Å². The Hall–Kier alpha value is -0.590. The third kappa shape index (κ3) is 3.28. The van der Waals surface area contributed by atoms with E-state index in [0.29, 0.717) is 12.6 Å². The van der Waals surface area contributed by atoms with Gasteiger partial charge in [0.05, 0.1) is 6.07 Å². The standard InChI is InChI=1S/C11H21N3/c1-9-4-3-5-11(6-9)14(2)8-10(13)7-12/h9-11H,3-6,8,13H2,1-2H3. The van der Waals surface area contributed by atoms with Crippen LogP contribution in [0.1, 0.15) is 32.6 Å². The molecule has 3 heteroatoms. The SMILES string of the molecule is CC1CCCC(N(C)CC(N)C#N)C1. The van der Waals surface area contributed by atoms with Crippen LogP contribution in [-0.2, 0) is 0 Å². The van der Waals surface area contributed by atoms with Crippen LogP contribution >= 0.6 is 0 Å². The molecule has 1 aliphatic carbocycles. The van der Waals surface area contributed by atoms with Crippen LogP contribution in [0.25, 0.3) is 0 Å². The van der Waals surface area contributed by atoms with Gasteiger partial charge in [0.2, 0.25) is 0 Å². The van der Waals surface area contributed by atoms with Crippen molar-refractivity contribution in [2.24, 2.45) is 11.7 Å². The van der Waals surface area contributed by atoms with E-state index in [1.165, 1.54) is 25.7 Å². The molecule has 0 heterocycles. The average Bonchev–Trinajstić information content (AvgIpc) is 2.17. The van der Waals surface area contributed by atoms with Crippen LogP contribution in [-0.4, -0.2) is 30.6 Å². The van der Waals surface area contributed by atoms with Gasteiger partial charge in [0.25, 0.3) is 0 Å². The second-order valence-corrected chi connectivity index (χ2v) is 4.60. The Balaban J connectivity index is 2.36. The number of nitrogens with two attached hydrogens (primary N) is 1. The summed E-state index contributed by atoms with van der Waals surface area (Å²) >= 11 is 0. The fourth-order valence-corrected chi connectivity index (χ4v) is 2.30. The maximum absolute atomic E-state index is 8.63. The summed E-state index contributed by atoms with van der Waals surface area (Å²) in [7, 11) is 2.08. The number of hydrogen-bond acceptors (Lipinski definition) is 3. The molecule has 1 aliphatic rings. The Morgan fingerprint density at radius 2 is 2.29 bits per heavy atom. The van der Waals surface area contributed by atoms with Crippen molar-refractivity contribution in [2.45, 2.75) is 44.7 Å². The molecule has 0 aliphatic heterocycles. The average molecular weight is 195 g/mol. The molecular weight excluding hydrogens is 174 g/mol. The minimum absolute atomic E-state index is 0.336. The zero-order valence-electron chi connectivity index (χ0n) is 9.24. The van der Waals surface area contributed by atoms with Gasteiger partial charge in [0.1, 0.15) is 6.04 Å². The topological polar surface area (TPSA) is 53.0 Å². The molecule has 0 aromatic heterocycles. The normalized spacial score (nSPS) is 29.9. The van der Waals surface area contributed by atoms with Crippen LogP contribution in [0.5, 0.6) is 0 Å². The minimum Gasteiger partial charge on any atom is -0.315 e. The highest BCUT2D eigenvalue weighted by Crippen LogP contribution is 2.26. The smallest absolute Gasteiger partial charge is 0.106 e. The van der Waals surface area contributed by atoms with Crippen molar-refractivity contribution in [3.05, 3.63) is 0 Å². The van der Waals surface area contributed by atoms with Gasteiger partial charge in [-0.15, -0.1) is 0 Å². The van der Waals surface area contributed by atoms with Gasteiger partial charge < -0.3 is 10.6 Å². The highest BCUT2D eigenvalue weighted by molar-refractivity contribution is 4.90. The summed E-state index contributed by atoms with van der Waals surface area (Å²) < 4.78 is 0. The van der Waals surface area contributed by atoms with Gasteiger partial charge in [-0.2, -0.15) is 5.26 Å². The zero-order chi connectivity index (χ0) is 10.6. The summed E-state index contributed by atoms with van der Waals surface area (Å²) in [5, 5.41) is 8.63. The molecule has 0 bridgehead atoms. The van der Waals surface area contributed by atoms with E-state index in [4.69, 9.17) is 11.0 Å². The molecule has 1 saturated carbocycles. The maximum Gasteiger partial charge on any atom is 0.106 e. The molecule has 0 amide bonds. The Labute approximate surface area is 86.9 Å². The number of nitrogens with zero attached hydrogens (tertiary/aromatic N) is 2. The fourth-order valence-electron chi connectivity index (χ4n) is 2.30. The van der Waals surface area contributed by atoms with Crippen LogP contribution in [0.4, 0.5) is 0 Å². The van der Waals surface area contributed by atoms with Gasteiger partial charge in [0, 0.05) is 12.6 Å². The summed E-state index contributed by atoms with van der Waals surface area (Å²) in [5.74, 6) is 0.828. The molecule has 3 atom stereocenters. The monoisotopic (exact) mass is 195 g/mol. The summed E-state index contributed by atoms with van der Waals surface area (Å²) in [5.41, 5.74) is 5.61. The molecule has 1 fully saturated rings. The Kier molecular flexibility index (Phi) is 4.37. The quantitative estimate of drug-likeness (QED) is 0.739. The fraction of sp³-hybridized carbons (Fsp3) is 0.909. The van der Waals surface area contributed by atoms with Gasteiger partial charge in [-0.05, 0) is 25.8 Å². The second-order valence-electron chi connectivity index (χ2n) is 4.60. The highest BCUT2D eigenvalue weighted by atomic mass is 15.1. The molecule has 0 radical (unpaired) electrons. The molecule has 14 heavy (non-hydrogen) atoms. The Bertz CT molecular complexity index is 209. The van der Waals surface area contributed by atoms with Crippen LogP contribution in [0.2, 0.25) is 0 Å². The number of nitriles is 1. The largest absolute Gasteiger partial charge is 0.315 e. The maximum atomic E-state index is 8.63. The van der Waals surface area contributed by atoms with E-state index in [2.05, 4.69) is 24.9 Å². The first-order chi connectivity index (χ1) is 6.63. The minimum atomic E-state index is -0.336. The molecule has 3 nitrogen and oxygen atoms in total. The third-order valence-corrected chi connectivity index (χ3v) is 3.18. The van der Waals surface area contributed by atoms with Crippen LogP contribution in [0.3, 0.4) is 0 Å². The molecule has 0 spiro atoms. The lowest BCUT2D eigenvalue weighted by atomic mass is 9.86. The number of rotatable bonds is 3. The van der Waals surface area contributed by atoms with E-state index in [9.17, 15) is 0 Å². The summed E-state index contributed by atoms with van der Waals surface area (Å²) in [6, 6.07) is 2.38. The van der Waals surface area contributed by atoms with Crippen molar-refractivity contribution in [1.82, 2.24) is 4.90 Å². The van der Waals surface area contributed by atoms with Gasteiger partial charge in [-0.25, -0.2) is 0 Å². The Morgan fingerprint density at radius 1 is 1.57 bits per heavy atom. The predicted octanol–water partition coefficient (Wildman–Crippen LogP) is 1.35. The molecule has 1 rings (SSSR count). The van der Waals surface area contributed by atoms with E-state index in [0.717, 1.165) is 5.92 Å². The first kappa shape index (κ1) is 11.5. The molecular formula is C11H21N3. The lowest BCUT2D eigenvalue weighted by molar-refractivity contribution is 0.162. The third-order valence-electron chi connectivity index (χ3n) is 3.18. The second kappa shape index (κ2) is 5.33. The van der Waals surface area contributed by atoms with Crippen molar-refractivity contribution in [2.75, 3.05) is 13.6 Å². The highest BCUT2D eigenvalue weighted by Gasteiger charge is 2.23. The lowest BCUT2D eigenvalue weighted by Crippen LogP contribution is -2.42. The summed E-state index contributed by atoms with van der Waals surface area (Å²) in [4.78, 5) is 2.25. The summed E-state index contributed by atoms with van der Waals surface area (Å²) in [6.45, 7) is 3.01. The molecule has 0 saturated heterocycles. The van der Waals surface area contributed by atoms with E-state index in [1.807, 2.05) is 0 Å². The van der Waals surface area contributed by atoms with Gasteiger partial charge in [-0.3, -0.25) is 0 Å². The molecule has 0 aromatic carbocycles. The molecule has 3 unspecified atom stereocenters. The van der Waals surface area contributed by atoms with Crippen LogP contribution in [0.15, 0.2) is 0 Å². The first-order valence-electron chi connectivity index (χ1n) is 5.49.